The molecule has 0 bridgehead atoms. The van der Waals surface area contributed by atoms with Crippen LogP contribution >= 0.6 is 0 Å². The number of nitrogens with two attached hydrogens (primary N) is 1. The standard InChI is InChI=1S/C8H16N2O5S/c1-3-15-8(5-11)6(9)4-7(12)10(8)16(2,13)14/h6,11H,3-5,9H2,1-2H3/t6-,8?/m0/s1/i11T. The van der Waals surface area contributed by atoms with E-state index in [1.54, 1.807) is 6.92 Å². The predicted octanol–water partition coefficient (Wildman–Crippen LogP) is -1.77. The first kappa shape index (κ1) is 11.8. The molecule has 0 radical (unpaired) electrons. The van der Waals surface area contributed by atoms with Gasteiger partial charge in [0.1, 0.15) is 0 Å². The molecule has 0 aromatic carbocycles. The van der Waals surface area contributed by atoms with Crippen molar-refractivity contribution in [1.29, 1.82) is 1.43 Å². The molecule has 3 N–H and O–H groups in total. The van der Waals surface area contributed by atoms with Crippen LogP contribution in [0.3, 0.4) is 0 Å². The lowest BCUT2D eigenvalue weighted by Crippen LogP contribution is -2.60. The summed E-state index contributed by atoms with van der Waals surface area (Å²) in [5.41, 5.74) is 4.14. The quantitative estimate of drug-likeness (QED) is 0.601. The van der Waals surface area contributed by atoms with Gasteiger partial charge in [0.2, 0.25) is 17.4 Å². The average Bonchev–Trinajstić information content (AvgIpc) is 2.38. The molecule has 1 saturated heterocycles. The number of nitrogens with zero attached hydrogens (tertiary/aromatic N) is 1. The summed E-state index contributed by atoms with van der Waals surface area (Å²) in [7, 11) is -3.82. The first-order valence-electron chi connectivity index (χ1n) is 5.21. The highest BCUT2D eigenvalue weighted by atomic mass is 32.2. The van der Waals surface area contributed by atoms with E-state index in [1.807, 2.05) is 0 Å². The molecule has 1 rings (SSSR count). The second-order valence-electron chi connectivity index (χ2n) is 3.65. The lowest BCUT2D eigenvalue weighted by atomic mass is 10.1. The zero-order chi connectivity index (χ0) is 13.3. The van der Waals surface area contributed by atoms with E-state index >= 15 is 0 Å². The fourth-order valence-corrected chi connectivity index (χ4v) is 3.13. The number of ether oxygens (including phenoxy) is 1. The van der Waals surface area contributed by atoms with Gasteiger partial charge in [0.15, 0.2) is 5.72 Å². The van der Waals surface area contributed by atoms with Crippen molar-refractivity contribution in [3.05, 3.63) is 0 Å². The Kier molecular flexibility index (Phi) is 3.15. The molecule has 1 aliphatic heterocycles. The summed E-state index contributed by atoms with van der Waals surface area (Å²) in [6.07, 6.45) is 0.733. The molecular weight excluding hydrogens is 236 g/mol. The Bertz CT molecular complexity index is 393. The molecule has 1 fully saturated rings. The van der Waals surface area contributed by atoms with Crippen molar-refractivity contribution in [2.75, 3.05) is 19.5 Å². The smallest absolute Gasteiger partial charge is 0.240 e. The van der Waals surface area contributed by atoms with Crippen molar-refractivity contribution in [3.8, 4) is 0 Å². The van der Waals surface area contributed by atoms with E-state index in [-0.39, 0.29) is 13.0 Å². The van der Waals surface area contributed by atoms with Crippen LogP contribution in [-0.2, 0) is 19.6 Å². The van der Waals surface area contributed by atoms with Crippen LogP contribution in [0.1, 0.15) is 13.3 Å². The Morgan fingerprint density at radius 2 is 2.44 bits per heavy atom. The zero-order valence-electron chi connectivity index (χ0n) is 10.2. The maximum atomic E-state index is 11.7. The fraction of sp³-hybridized carbons (Fsp3) is 0.875. The minimum absolute atomic E-state index is 0.149. The molecule has 1 aliphatic rings. The van der Waals surface area contributed by atoms with Crippen LogP contribution in [0, 0.1) is 0 Å². The number of amides is 1. The minimum Gasteiger partial charge on any atom is -0.391 e. The van der Waals surface area contributed by atoms with Crippen LogP contribution in [0.4, 0.5) is 0 Å². The van der Waals surface area contributed by atoms with Crippen LogP contribution in [0.25, 0.3) is 0 Å². The van der Waals surface area contributed by atoms with Crippen molar-refractivity contribution in [1.82, 2.24) is 4.31 Å². The Hall–Kier alpha value is -0.700. The first-order valence-corrected chi connectivity index (χ1v) is 6.65. The number of carbonyl (C=O) groups is 1. The van der Waals surface area contributed by atoms with Crippen LogP contribution in [0.2, 0.25) is 0 Å². The van der Waals surface area contributed by atoms with E-state index in [4.69, 9.17) is 11.9 Å². The highest BCUT2D eigenvalue weighted by Crippen LogP contribution is 2.32. The molecule has 8 heteroatoms. The molecule has 0 aliphatic carbocycles. The molecule has 0 spiro atoms. The summed E-state index contributed by atoms with van der Waals surface area (Å²) in [6.45, 7) is 1.37. The number of hydrogen-bond acceptors (Lipinski definition) is 6. The van der Waals surface area contributed by atoms with Crippen LogP contribution in [-0.4, -0.2) is 56.4 Å². The van der Waals surface area contributed by atoms with E-state index in [0.717, 1.165) is 6.26 Å². The summed E-state index contributed by atoms with van der Waals surface area (Å²) in [5, 5.41) is 4.21. The number of aliphatic hydroxyl groups is 1. The lowest BCUT2D eigenvalue weighted by molar-refractivity contribution is -0.153. The third-order valence-corrected chi connectivity index (χ3v) is 3.65. The van der Waals surface area contributed by atoms with Gasteiger partial charge in [-0.2, -0.15) is 0 Å². The van der Waals surface area contributed by atoms with E-state index < -0.39 is 34.3 Å². The van der Waals surface area contributed by atoms with Gasteiger partial charge in [0, 0.05) is 13.0 Å². The summed E-state index contributed by atoms with van der Waals surface area (Å²) < 4.78 is 35.9. The Balaban J connectivity index is 3.25. The van der Waals surface area contributed by atoms with Gasteiger partial charge < -0.3 is 15.6 Å². The SMILES string of the molecule is [3H]OCC1(OCC)[C@@H](N)CC(=O)N1S(C)(=O)=O. The topological polar surface area (TPSA) is 110 Å². The van der Waals surface area contributed by atoms with Crippen LogP contribution in [0.5, 0.6) is 0 Å². The molecule has 1 amide bonds. The normalized spacial score (nSPS) is 31.9. The van der Waals surface area contributed by atoms with E-state index in [0.29, 0.717) is 4.31 Å². The average molecular weight is 254 g/mol. The number of aliphatic hydroxyl groups excluding tert-OH is 1. The molecule has 0 aromatic heterocycles. The van der Waals surface area contributed by atoms with E-state index in [1.165, 1.54) is 0 Å². The van der Waals surface area contributed by atoms with Crippen molar-refractivity contribution in [2.24, 2.45) is 5.73 Å². The minimum atomic E-state index is -3.82. The van der Waals surface area contributed by atoms with Crippen molar-refractivity contribution < 1.29 is 23.1 Å². The molecule has 1 heterocycles. The summed E-state index contributed by atoms with van der Waals surface area (Å²) in [5.74, 6) is -0.648. The molecule has 94 valence electrons. The third-order valence-electron chi connectivity index (χ3n) is 2.48. The number of rotatable bonds is 5. The highest BCUT2D eigenvalue weighted by molar-refractivity contribution is 7.89. The van der Waals surface area contributed by atoms with Gasteiger partial charge in [-0.15, -0.1) is 0 Å². The van der Waals surface area contributed by atoms with Gasteiger partial charge in [0.25, 0.3) is 0 Å². The Labute approximate surface area is 95.7 Å². The molecule has 2 atom stereocenters. The Morgan fingerprint density at radius 3 is 2.88 bits per heavy atom. The number of carbonyl (C=O) groups excluding carboxylic acids is 1. The fourth-order valence-electron chi connectivity index (χ4n) is 1.88. The van der Waals surface area contributed by atoms with Gasteiger partial charge in [0.05, 0.1) is 18.9 Å². The second kappa shape index (κ2) is 4.28. The van der Waals surface area contributed by atoms with Crippen LogP contribution in [0.15, 0.2) is 0 Å². The van der Waals surface area contributed by atoms with E-state index in [2.05, 4.69) is 5.11 Å². The van der Waals surface area contributed by atoms with Gasteiger partial charge in [-0.05, 0) is 6.92 Å². The molecule has 0 saturated carbocycles. The second-order valence-corrected chi connectivity index (χ2v) is 5.49. The molecule has 0 aromatic rings. The largest absolute Gasteiger partial charge is 0.391 e. The predicted molar refractivity (Wildman–Crippen MR) is 55.7 cm³/mol. The van der Waals surface area contributed by atoms with Crippen molar-refractivity contribution in [3.63, 3.8) is 0 Å². The molecular formula is C8H16N2O5S. The van der Waals surface area contributed by atoms with Crippen LogP contribution < -0.4 is 5.73 Å². The summed E-state index contributed by atoms with van der Waals surface area (Å²) in [4.78, 5) is 11.7. The van der Waals surface area contributed by atoms with Gasteiger partial charge >= 0.3 is 0 Å². The molecule has 1 unspecified atom stereocenters. The summed E-state index contributed by atoms with van der Waals surface area (Å²) >= 11 is 0. The van der Waals surface area contributed by atoms with Gasteiger partial charge in [-0.1, -0.05) is 0 Å². The lowest BCUT2D eigenvalue weighted by Gasteiger charge is -2.37. The molecule has 16 heavy (non-hydrogen) atoms. The monoisotopic (exact) mass is 254 g/mol. The number of hydrogen-bond donors (Lipinski definition) is 2. The number of sulfonamides is 1. The third kappa shape index (κ3) is 1.93. The maximum absolute atomic E-state index is 11.7. The van der Waals surface area contributed by atoms with E-state index in [9.17, 15) is 13.2 Å². The van der Waals surface area contributed by atoms with Crippen molar-refractivity contribution >= 4 is 15.9 Å². The summed E-state index contributed by atoms with van der Waals surface area (Å²) in [6, 6.07) is -0.852. The Morgan fingerprint density at radius 1 is 1.81 bits per heavy atom. The van der Waals surface area contributed by atoms with Gasteiger partial charge in [-0.25, -0.2) is 12.7 Å². The van der Waals surface area contributed by atoms with Gasteiger partial charge in [-0.3, -0.25) is 4.79 Å². The highest BCUT2D eigenvalue weighted by Gasteiger charge is 2.56. The first-order chi connectivity index (χ1) is 7.79. The maximum Gasteiger partial charge on any atom is 0.240 e. The molecule has 7 nitrogen and oxygen atoms in total. The van der Waals surface area contributed by atoms with Crippen molar-refractivity contribution in [2.45, 2.75) is 25.1 Å². The zero-order valence-corrected chi connectivity index (χ0v) is 9.99.